The normalized spacial score (nSPS) is 12.6. The van der Waals surface area contributed by atoms with Crippen molar-refractivity contribution in [3.63, 3.8) is 0 Å². The first-order valence-electron chi connectivity index (χ1n) is 6.68. The summed E-state index contributed by atoms with van der Waals surface area (Å²) in [7, 11) is 0. The van der Waals surface area contributed by atoms with Crippen LogP contribution in [0, 0.1) is 5.82 Å². The molecule has 1 unspecified atom stereocenters. The van der Waals surface area contributed by atoms with Gasteiger partial charge in [0.1, 0.15) is 5.82 Å². The summed E-state index contributed by atoms with van der Waals surface area (Å²) in [6.45, 7) is 4.96. The Labute approximate surface area is 122 Å². The Kier molecular flexibility index (Phi) is 5.09. The molecule has 0 fully saturated rings. The van der Waals surface area contributed by atoms with Gasteiger partial charge in [0.05, 0.1) is 16.6 Å². The molecule has 0 aliphatic heterocycles. The smallest absolute Gasteiger partial charge is 0.252 e. The maximum absolute atomic E-state index is 13.8. The van der Waals surface area contributed by atoms with E-state index in [0.717, 1.165) is 19.4 Å². The minimum absolute atomic E-state index is 0.0262. The highest BCUT2D eigenvalue weighted by molar-refractivity contribution is 6.33. The molecule has 0 aliphatic rings. The molecule has 6 heteroatoms. The van der Waals surface area contributed by atoms with Crippen LogP contribution in [0.4, 0.5) is 4.39 Å². The van der Waals surface area contributed by atoms with Gasteiger partial charge >= 0.3 is 0 Å². The molecule has 2 rings (SSSR count). The second kappa shape index (κ2) is 6.81. The Hall–Kier alpha value is -1.46. The first-order chi connectivity index (χ1) is 9.67. The molecule has 108 valence electrons. The molecule has 0 spiro atoms. The third-order valence-electron chi connectivity index (χ3n) is 2.96. The van der Waals surface area contributed by atoms with E-state index in [2.05, 4.69) is 22.4 Å². The van der Waals surface area contributed by atoms with Crippen LogP contribution in [0.1, 0.15) is 38.6 Å². The molecule has 2 aromatic rings. The van der Waals surface area contributed by atoms with Crippen LogP contribution in [0.3, 0.4) is 0 Å². The van der Waals surface area contributed by atoms with E-state index in [0.29, 0.717) is 5.89 Å². The summed E-state index contributed by atoms with van der Waals surface area (Å²) in [5, 5.41) is 11.5. The van der Waals surface area contributed by atoms with Crippen molar-refractivity contribution in [1.82, 2.24) is 15.5 Å². The topological polar surface area (TPSA) is 51.0 Å². The van der Waals surface area contributed by atoms with Crippen molar-refractivity contribution in [2.24, 2.45) is 0 Å². The predicted molar refractivity (Wildman–Crippen MR) is 76.0 cm³/mol. The summed E-state index contributed by atoms with van der Waals surface area (Å²) < 4.78 is 19.4. The van der Waals surface area contributed by atoms with E-state index in [1.165, 1.54) is 12.1 Å². The van der Waals surface area contributed by atoms with Gasteiger partial charge in [-0.25, -0.2) is 4.39 Å². The van der Waals surface area contributed by atoms with Gasteiger partial charge < -0.3 is 9.73 Å². The van der Waals surface area contributed by atoms with Gasteiger partial charge in [0.2, 0.25) is 5.89 Å². The number of nitrogens with zero attached hydrogens (tertiary/aromatic N) is 2. The quantitative estimate of drug-likeness (QED) is 0.876. The lowest BCUT2D eigenvalue weighted by Gasteiger charge is -2.11. The monoisotopic (exact) mass is 297 g/mol. The van der Waals surface area contributed by atoms with Gasteiger partial charge in [-0.15, -0.1) is 10.2 Å². The summed E-state index contributed by atoms with van der Waals surface area (Å²) in [4.78, 5) is 0. The molecule has 4 nitrogen and oxygen atoms in total. The SMILES string of the molecule is CCCNC(CC)c1nnc(-c2c(F)cccc2Cl)o1. The second-order valence-corrected chi connectivity index (χ2v) is 4.86. The highest BCUT2D eigenvalue weighted by Gasteiger charge is 2.20. The van der Waals surface area contributed by atoms with Crippen LogP contribution in [-0.4, -0.2) is 16.7 Å². The lowest BCUT2D eigenvalue weighted by atomic mass is 10.2. The maximum atomic E-state index is 13.8. The van der Waals surface area contributed by atoms with Crippen molar-refractivity contribution in [1.29, 1.82) is 0 Å². The number of nitrogens with one attached hydrogen (secondary N) is 1. The standard InChI is InChI=1S/C14H17ClFN3O/c1-3-8-17-11(4-2)13-18-19-14(20-13)12-9(15)6-5-7-10(12)16/h5-7,11,17H,3-4,8H2,1-2H3. The van der Waals surface area contributed by atoms with Crippen molar-refractivity contribution in [3.8, 4) is 11.5 Å². The van der Waals surface area contributed by atoms with Crippen LogP contribution in [0.15, 0.2) is 22.6 Å². The first kappa shape index (κ1) is 14.9. The number of hydrogen-bond donors (Lipinski definition) is 1. The fourth-order valence-corrected chi connectivity index (χ4v) is 2.15. The first-order valence-corrected chi connectivity index (χ1v) is 7.06. The summed E-state index contributed by atoms with van der Waals surface area (Å²) in [6, 6.07) is 4.42. The predicted octanol–water partition coefficient (Wildman–Crippen LogP) is 3.98. The third-order valence-corrected chi connectivity index (χ3v) is 3.28. The number of aromatic nitrogens is 2. The van der Waals surface area contributed by atoms with Gasteiger partial charge in [0.15, 0.2) is 0 Å². The van der Waals surface area contributed by atoms with E-state index in [1.807, 2.05) is 6.92 Å². The van der Waals surface area contributed by atoms with Crippen LogP contribution >= 0.6 is 11.6 Å². The fraction of sp³-hybridized carbons (Fsp3) is 0.429. The summed E-state index contributed by atoms with van der Waals surface area (Å²) in [6.07, 6.45) is 1.82. The molecule has 0 saturated carbocycles. The average molecular weight is 298 g/mol. The summed E-state index contributed by atoms with van der Waals surface area (Å²) >= 11 is 5.99. The van der Waals surface area contributed by atoms with Crippen molar-refractivity contribution < 1.29 is 8.81 Å². The molecule has 0 amide bonds. The maximum Gasteiger partial charge on any atom is 0.252 e. The molecular formula is C14H17ClFN3O. The Morgan fingerprint density at radius 3 is 2.80 bits per heavy atom. The van der Waals surface area contributed by atoms with E-state index < -0.39 is 5.82 Å². The van der Waals surface area contributed by atoms with Crippen LogP contribution < -0.4 is 5.32 Å². The van der Waals surface area contributed by atoms with Crippen molar-refractivity contribution in [2.75, 3.05) is 6.54 Å². The zero-order chi connectivity index (χ0) is 14.5. The second-order valence-electron chi connectivity index (χ2n) is 4.46. The zero-order valence-corrected chi connectivity index (χ0v) is 12.2. The van der Waals surface area contributed by atoms with Crippen LogP contribution in [-0.2, 0) is 0 Å². The van der Waals surface area contributed by atoms with E-state index in [1.54, 1.807) is 6.07 Å². The molecule has 1 aromatic carbocycles. The highest BCUT2D eigenvalue weighted by Crippen LogP contribution is 2.30. The van der Waals surface area contributed by atoms with Gasteiger partial charge in [-0.05, 0) is 31.5 Å². The molecule has 20 heavy (non-hydrogen) atoms. The zero-order valence-electron chi connectivity index (χ0n) is 11.5. The number of hydrogen-bond acceptors (Lipinski definition) is 4. The van der Waals surface area contributed by atoms with Gasteiger partial charge in [-0.3, -0.25) is 0 Å². The molecule has 1 heterocycles. The van der Waals surface area contributed by atoms with Gasteiger partial charge in [-0.2, -0.15) is 0 Å². The molecule has 1 N–H and O–H groups in total. The minimum Gasteiger partial charge on any atom is -0.419 e. The van der Waals surface area contributed by atoms with E-state index in [4.69, 9.17) is 16.0 Å². The highest BCUT2D eigenvalue weighted by atomic mass is 35.5. The van der Waals surface area contributed by atoms with E-state index in [9.17, 15) is 4.39 Å². The molecule has 0 saturated heterocycles. The lowest BCUT2D eigenvalue weighted by molar-refractivity contribution is 0.395. The summed E-state index contributed by atoms with van der Waals surface area (Å²) in [5.74, 6) is 0.0948. The Morgan fingerprint density at radius 2 is 2.15 bits per heavy atom. The number of halogens is 2. The van der Waals surface area contributed by atoms with Crippen LogP contribution in [0.2, 0.25) is 5.02 Å². The summed E-state index contributed by atoms with van der Waals surface area (Å²) in [5.41, 5.74) is 0.151. The Bertz CT molecular complexity index is 553. The van der Waals surface area contributed by atoms with Gasteiger partial charge in [0, 0.05) is 0 Å². The minimum atomic E-state index is -0.470. The van der Waals surface area contributed by atoms with Gasteiger partial charge in [-0.1, -0.05) is 31.5 Å². The lowest BCUT2D eigenvalue weighted by Crippen LogP contribution is -2.21. The Balaban J connectivity index is 2.28. The molecule has 0 aliphatic carbocycles. The molecule has 0 radical (unpaired) electrons. The molecular weight excluding hydrogens is 281 g/mol. The molecule has 1 aromatic heterocycles. The van der Waals surface area contributed by atoms with Crippen molar-refractivity contribution >= 4 is 11.6 Å². The van der Waals surface area contributed by atoms with E-state index >= 15 is 0 Å². The van der Waals surface area contributed by atoms with E-state index in [-0.39, 0.29) is 22.5 Å². The molecule has 1 atom stereocenters. The Morgan fingerprint density at radius 1 is 1.35 bits per heavy atom. The molecule has 0 bridgehead atoms. The fourth-order valence-electron chi connectivity index (χ4n) is 1.90. The van der Waals surface area contributed by atoms with Gasteiger partial charge in [0.25, 0.3) is 5.89 Å². The third kappa shape index (κ3) is 3.16. The largest absolute Gasteiger partial charge is 0.419 e. The van der Waals surface area contributed by atoms with Crippen molar-refractivity contribution in [3.05, 3.63) is 34.9 Å². The van der Waals surface area contributed by atoms with Crippen molar-refractivity contribution in [2.45, 2.75) is 32.7 Å². The van der Waals surface area contributed by atoms with Crippen LogP contribution in [0.5, 0.6) is 0 Å². The number of rotatable bonds is 6. The van der Waals surface area contributed by atoms with Crippen LogP contribution in [0.25, 0.3) is 11.5 Å². The number of benzene rings is 1. The average Bonchev–Trinajstić information content (AvgIpc) is 2.89.